The van der Waals surface area contributed by atoms with Crippen LogP contribution in [0.1, 0.15) is 21.5 Å². The van der Waals surface area contributed by atoms with Crippen LogP contribution in [-0.4, -0.2) is 27.3 Å². The first-order valence-corrected chi connectivity index (χ1v) is 10.6. The predicted octanol–water partition coefficient (Wildman–Crippen LogP) is 5.51. The number of amides is 1. The number of rotatable bonds is 6. The maximum Gasteiger partial charge on any atom is 0.416 e. The van der Waals surface area contributed by atoms with E-state index in [2.05, 4.69) is 24.6 Å². The zero-order valence-corrected chi connectivity index (χ0v) is 18.2. The minimum Gasteiger partial charge on any atom is -0.370 e. The molecule has 0 unspecified atom stereocenters. The number of carbonyl (C=O) groups is 1. The van der Waals surface area contributed by atoms with Gasteiger partial charge in [0.1, 0.15) is 5.69 Å². The van der Waals surface area contributed by atoms with E-state index >= 15 is 0 Å². The van der Waals surface area contributed by atoms with Gasteiger partial charge in [0.15, 0.2) is 5.82 Å². The molecule has 2 aromatic carbocycles. The number of carbonyl (C=O) groups excluding carboxylic acids is 1. The van der Waals surface area contributed by atoms with Crippen molar-refractivity contribution in [1.82, 2.24) is 14.3 Å². The molecule has 4 aromatic rings. The molecule has 0 saturated heterocycles. The first-order chi connectivity index (χ1) is 15.8. The topological polar surface area (TPSA) is 71.0 Å². The third-order valence-corrected chi connectivity index (χ3v) is 5.43. The molecule has 0 aliphatic rings. The monoisotopic (exact) mass is 469 g/mol. The van der Waals surface area contributed by atoms with Gasteiger partial charge in [0.2, 0.25) is 5.13 Å². The van der Waals surface area contributed by atoms with Gasteiger partial charge in [-0.3, -0.25) is 15.1 Å². The molecule has 1 amide bonds. The second-order valence-electron chi connectivity index (χ2n) is 7.19. The summed E-state index contributed by atoms with van der Waals surface area (Å²) < 4.78 is 42.3. The number of hydrogen-bond acceptors (Lipinski definition) is 6. The highest BCUT2D eigenvalue weighted by Gasteiger charge is 2.30. The van der Waals surface area contributed by atoms with Crippen molar-refractivity contribution in [1.29, 1.82) is 0 Å². The fourth-order valence-electron chi connectivity index (χ4n) is 3.09. The Morgan fingerprint density at radius 1 is 1.06 bits per heavy atom. The van der Waals surface area contributed by atoms with Crippen LogP contribution in [0.4, 0.5) is 24.0 Å². The van der Waals surface area contributed by atoms with Crippen LogP contribution in [0.15, 0.2) is 72.9 Å². The largest absolute Gasteiger partial charge is 0.416 e. The van der Waals surface area contributed by atoms with E-state index in [-0.39, 0.29) is 10.7 Å². The van der Waals surface area contributed by atoms with Crippen molar-refractivity contribution in [2.75, 3.05) is 17.3 Å². The van der Waals surface area contributed by atoms with Gasteiger partial charge in [-0.2, -0.15) is 22.5 Å². The molecule has 0 aliphatic heterocycles. The minimum absolute atomic E-state index is 0.0856. The SMILES string of the molecule is CN(Cc1ccccc1)c1ccnc(-c2nsc(NC(=O)c3ccc(C(F)(F)F)cc3)n2)c1. The number of benzene rings is 2. The van der Waals surface area contributed by atoms with E-state index in [1.54, 1.807) is 6.20 Å². The molecule has 168 valence electrons. The quantitative estimate of drug-likeness (QED) is 0.403. The molecule has 0 atom stereocenters. The Morgan fingerprint density at radius 2 is 1.79 bits per heavy atom. The van der Waals surface area contributed by atoms with Crippen LogP contribution in [0.25, 0.3) is 11.5 Å². The van der Waals surface area contributed by atoms with Crippen molar-refractivity contribution in [3.8, 4) is 11.5 Å². The van der Waals surface area contributed by atoms with Gasteiger partial charge in [-0.15, -0.1) is 0 Å². The Labute approximate surface area is 191 Å². The molecular formula is C23H18F3N5OS. The Hall–Kier alpha value is -3.79. The predicted molar refractivity (Wildman–Crippen MR) is 121 cm³/mol. The number of pyridine rings is 1. The summed E-state index contributed by atoms with van der Waals surface area (Å²) in [5, 5.41) is 2.79. The smallest absolute Gasteiger partial charge is 0.370 e. The summed E-state index contributed by atoms with van der Waals surface area (Å²) in [4.78, 5) is 23.1. The number of hydrogen-bond donors (Lipinski definition) is 1. The molecule has 6 nitrogen and oxygen atoms in total. The fraction of sp³-hybridized carbons (Fsp3) is 0.130. The summed E-state index contributed by atoms with van der Waals surface area (Å²) in [6.07, 6.45) is -2.80. The summed E-state index contributed by atoms with van der Waals surface area (Å²) >= 11 is 0.965. The van der Waals surface area contributed by atoms with Gasteiger partial charge in [0.05, 0.1) is 5.56 Å². The maximum atomic E-state index is 12.7. The van der Waals surface area contributed by atoms with Crippen LogP contribution < -0.4 is 10.2 Å². The Balaban J connectivity index is 1.45. The van der Waals surface area contributed by atoms with Crippen molar-refractivity contribution in [2.24, 2.45) is 0 Å². The van der Waals surface area contributed by atoms with E-state index in [0.717, 1.165) is 41.5 Å². The van der Waals surface area contributed by atoms with E-state index in [9.17, 15) is 18.0 Å². The van der Waals surface area contributed by atoms with Crippen LogP contribution in [-0.2, 0) is 12.7 Å². The Bertz CT molecular complexity index is 1240. The summed E-state index contributed by atoms with van der Waals surface area (Å²) in [5.74, 6) is -0.228. The molecule has 0 spiro atoms. The zero-order valence-electron chi connectivity index (χ0n) is 17.4. The third kappa shape index (κ3) is 5.53. The van der Waals surface area contributed by atoms with Crippen LogP contribution in [0, 0.1) is 0 Å². The van der Waals surface area contributed by atoms with Crippen LogP contribution in [0.5, 0.6) is 0 Å². The van der Waals surface area contributed by atoms with E-state index in [4.69, 9.17) is 0 Å². The second-order valence-corrected chi connectivity index (χ2v) is 7.95. The first-order valence-electron chi connectivity index (χ1n) is 9.83. The highest BCUT2D eigenvalue weighted by molar-refractivity contribution is 7.10. The Morgan fingerprint density at radius 3 is 2.48 bits per heavy atom. The second kappa shape index (κ2) is 9.37. The molecule has 0 saturated carbocycles. The molecule has 2 aromatic heterocycles. The molecular weight excluding hydrogens is 451 g/mol. The lowest BCUT2D eigenvalue weighted by atomic mass is 10.1. The van der Waals surface area contributed by atoms with E-state index in [0.29, 0.717) is 18.1 Å². The van der Waals surface area contributed by atoms with Gasteiger partial charge in [0.25, 0.3) is 5.91 Å². The summed E-state index contributed by atoms with van der Waals surface area (Å²) in [7, 11) is 1.97. The van der Waals surface area contributed by atoms with Gasteiger partial charge in [-0.1, -0.05) is 30.3 Å². The zero-order chi connectivity index (χ0) is 23.4. The molecule has 2 heterocycles. The average molecular weight is 469 g/mol. The van der Waals surface area contributed by atoms with Crippen molar-refractivity contribution in [2.45, 2.75) is 12.7 Å². The molecule has 0 bridgehead atoms. The number of aromatic nitrogens is 3. The van der Waals surface area contributed by atoms with Gasteiger partial charge >= 0.3 is 6.18 Å². The average Bonchev–Trinajstić information content (AvgIpc) is 3.28. The number of nitrogens with zero attached hydrogens (tertiary/aromatic N) is 4. The normalized spacial score (nSPS) is 11.3. The minimum atomic E-state index is -4.46. The fourth-order valence-corrected chi connectivity index (χ4v) is 3.66. The molecule has 0 radical (unpaired) electrons. The van der Waals surface area contributed by atoms with Crippen molar-refractivity contribution in [3.05, 3.63) is 89.6 Å². The molecule has 33 heavy (non-hydrogen) atoms. The van der Waals surface area contributed by atoms with E-state index < -0.39 is 17.6 Å². The molecule has 0 fully saturated rings. The first kappa shape index (κ1) is 22.4. The van der Waals surface area contributed by atoms with Crippen LogP contribution in [0.2, 0.25) is 0 Å². The number of alkyl halides is 3. The van der Waals surface area contributed by atoms with Crippen molar-refractivity contribution < 1.29 is 18.0 Å². The van der Waals surface area contributed by atoms with Gasteiger partial charge < -0.3 is 4.90 Å². The lowest BCUT2D eigenvalue weighted by Gasteiger charge is -2.19. The van der Waals surface area contributed by atoms with Crippen molar-refractivity contribution >= 4 is 28.3 Å². The van der Waals surface area contributed by atoms with Gasteiger partial charge in [0, 0.05) is 42.6 Å². The highest BCUT2D eigenvalue weighted by atomic mass is 32.1. The summed E-state index contributed by atoms with van der Waals surface area (Å²) in [5.41, 5.74) is 1.90. The van der Waals surface area contributed by atoms with Crippen LogP contribution >= 0.6 is 11.5 Å². The van der Waals surface area contributed by atoms with Crippen LogP contribution in [0.3, 0.4) is 0 Å². The lowest BCUT2D eigenvalue weighted by molar-refractivity contribution is -0.137. The number of anilines is 2. The molecule has 4 rings (SSSR count). The number of halogens is 3. The summed E-state index contributed by atoms with van der Waals surface area (Å²) in [6.45, 7) is 0.712. The third-order valence-electron chi connectivity index (χ3n) is 4.80. The van der Waals surface area contributed by atoms with E-state index in [1.165, 1.54) is 5.56 Å². The molecule has 0 aliphatic carbocycles. The molecule has 1 N–H and O–H groups in total. The van der Waals surface area contributed by atoms with Gasteiger partial charge in [-0.05, 0) is 42.0 Å². The lowest BCUT2D eigenvalue weighted by Crippen LogP contribution is -2.16. The number of nitrogens with one attached hydrogen (secondary N) is 1. The van der Waals surface area contributed by atoms with Gasteiger partial charge in [-0.25, -0.2) is 0 Å². The summed E-state index contributed by atoms with van der Waals surface area (Å²) in [6, 6.07) is 17.7. The van der Waals surface area contributed by atoms with Crippen molar-refractivity contribution in [3.63, 3.8) is 0 Å². The standard InChI is InChI=1S/C23H18F3N5OS/c1-31(14-15-5-3-2-4-6-15)18-11-12-27-19(13-18)20-28-22(33-30-20)29-21(32)16-7-9-17(10-8-16)23(24,25)26/h2-13H,14H2,1H3,(H,28,29,30,32). The maximum absolute atomic E-state index is 12.7. The molecule has 10 heteroatoms. The van der Waals surface area contributed by atoms with E-state index in [1.807, 2.05) is 49.5 Å². The Kier molecular flexibility index (Phi) is 6.36. The highest BCUT2D eigenvalue weighted by Crippen LogP contribution is 2.29.